The maximum Gasteiger partial charge on any atom is 1.00 e. The van der Waals surface area contributed by atoms with E-state index >= 15 is 0 Å². The van der Waals surface area contributed by atoms with Gasteiger partial charge < -0.3 is 11.3 Å². The van der Waals surface area contributed by atoms with Gasteiger partial charge in [-0.2, -0.15) is 8.42 Å². The molecule has 0 heterocycles. The van der Waals surface area contributed by atoms with Crippen molar-refractivity contribution in [2.75, 3.05) is 0 Å². The van der Waals surface area contributed by atoms with Crippen LogP contribution in [0.15, 0.2) is 0 Å². The number of aliphatic carboxylic acids is 1. The summed E-state index contributed by atoms with van der Waals surface area (Å²) in [4.78, 5) is 23.7. The van der Waals surface area contributed by atoms with Crippen LogP contribution in [0.1, 0.15) is 93.3 Å². The zero-order chi connectivity index (χ0) is 20.4. The van der Waals surface area contributed by atoms with Crippen LogP contribution in [0.2, 0.25) is 0 Å². The number of esters is 1. The van der Waals surface area contributed by atoms with E-state index in [0.29, 0.717) is 19.3 Å². The zero-order valence-corrected chi connectivity index (χ0v) is 20.2. The second-order valence-corrected chi connectivity index (χ2v) is 9.01. The molecule has 0 spiro atoms. The topological polar surface area (TPSA) is 118 Å². The van der Waals surface area contributed by atoms with Crippen molar-refractivity contribution in [2.24, 2.45) is 0 Å². The molecule has 0 aliphatic carbocycles. The molecule has 1 atom stereocenters. The third-order valence-electron chi connectivity index (χ3n) is 4.70. The van der Waals surface area contributed by atoms with E-state index in [0.717, 1.165) is 45.4 Å². The van der Waals surface area contributed by atoms with E-state index in [2.05, 4.69) is 6.92 Å². The molecule has 0 aliphatic rings. The molecule has 0 saturated carbocycles. The van der Waals surface area contributed by atoms with Crippen LogP contribution < -0.4 is 29.6 Å². The number of carbonyl (C=O) groups is 2. The predicted octanol–water partition coefficient (Wildman–Crippen LogP) is 1.08. The van der Waals surface area contributed by atoms with Crippen molar-refractivity contribution < 1.29 is 63.4 Å². The van der Waals surface area contributed by atoms with Gasteiger partial charge in [-0.1, -0.05) is 52.9 Å². The molecule has 0 aromatic heterocycles. The molecule has 27 heavy (non-hydrogen) atoms. The first-order valence-electron chi connectivity index (χ1n) is 9.40. The third kappa shape index (κ3) is 9.26. The summed E-state index contributed by atoms with van der Waals surface area (Å²) >= 11 is 0. The number of unbranched alkanes of at least 4 members (excludes halogenated alkanes) is 3. The molecular formula is C18H35NaO7S. The first kappa shape index (κ1) is 29.1. The Morgan fingerprint density at radius 3 is 1.85 bits per heavy atom. The van der Waals surface area contributed by atoms with E-state index in [1.54, 1.807) is 0 Å². The van der Waals surface area contributed by atoms with Crippen LogP contribution in [0.4, 0.5) is 0 Å². The van der Waals surface area contributed by atoms with Crippen molar-refractivity contribution in [3.05, 3.63) is 0 Å². The van der Waals surface area contributed by atoms with Crippen LogP contribution in [0.25, 0.3) is 0 Å². The van der Waals surface area contributed by atoms with Crippen molar-refractivity contribution >= 4 is 22.1 Å². The van der Waals surface area contributed by atoms with Gasteiger partial charge >= 0.3 is 41.5 Å². The fraction of sp³-hybridized carbons (Fsp3) is 0.889. The summed E-state index contributed by atoms with van der Waals surface area (Å²) < 4.78 is 36.0. The van der Waals surface area contributed by atoms with Gasteiger partial charge in [0.15, 0.2) is 0 Å². The smallest absolute Gasteiger partial charge is 1.00 e. The molecule has 0 radical (unpaired) electrons. The number of hydrogen-bond acceptors (Lipinski definition) is 5. The van der Waals surface area contributed by atoms with Crippen molar-refractivity contribution in [3.8, 4) is 0 Å². The van der Waals surface area contributed by atoms with E-state index in [-0.39, 0.29) is 31.0 Å². The first-order chi connectivity index (χ1) is 12.0. The van der Waals surface area contributed by atoms with Crippen LogP contribution >= 0.6 is 0 Å². The molecule has 0 aliphatic heterocycles. The number of rotatable bonds is 14. The van der Waals surface area contributed by atoms with Crippen molar-refractivity contribution in [1.29, 1.82) is 0 Å². The Hall–Kier alpha value is -0.150. The van der Waals surface area contributed by atoms with Gasteiger partial charge in [0.25, 0.3) is 10.1 Å². The van der Waals surface area contributed by atoms with Crippen LogP contribution in [-0.4, -0.2) is 40.4 Å². The minimum atomic E-state index is -4.95. The Labute approximate surface area is 187 Å². The van der Waals surface area contributed by atoms with Gasteiger partial charge in [-0.3, -0.25) is 14.1 Å². The number of carboxylic acid groups (broad SMARTS) is 1. The summed E-state index contributed by atoms with van der Waals surface area (Å²) in [6, 6.07) is 0. The summed E-state index contributed by atoms with van der Waals surface area (Å²) in [7, 11) is -4.95. The fourth-order valence-corrected chi connectivity index (χ4v) is 3.73. The van der Waals surface area contributed by atoms with Crippen LogP contribution in [0.5, 0.6) is 0 Å². The molecule has 0 saturated heterocycles. The average Bonchev–Trinajstić information content (AvgIpc) is 2.50. The monoisotopic (exact) mass is 418 g/mol. The summed E-state index contributed by atoms with van der Waals surface area (Å²) in [6.07, 6.45) is 6.09. The van der Waals surface area contributed by atoms with Crippen LogP contribution in [0, 0.1) is 0 Å². The summed E-state index contributed by atoms with van der Waals surface area (Å²) in [5.41, 5.74) is -0.835. The normalized spacial score (nSPS) is 14.1. The molecule has 0 bridgehead atoms. The van der Waals surface area contributed by atoms with Crippen molar-refractivity contribution in [1.82, 2.24) is 0 Å². The molecule has 0 fully saturated rings. The molecule has 156 valence electrons. The maximum atomic E-state index is 12.7. The Bertz CT molecular complexity index is 562. The minimum Gasteiger partial charge on any atom is -1.00 e. The van der Waals surface area contributed by atoms with Gasteiger partial charge in [0.05, 0.1) is 6.42 Å². The van der Waals surface area contributed by atoms with Gasteiger partial charge in [-0.25, -0.2) is 0 Å². The molecule has 0 rings (SSSR count). The van der Waals surface area contributed by atoms with Crippen molar-refractivity contribution in [3.63, 3.8) is 0 Å². The molecule has 7 nitrogen and oxygen atoms in total. The molecule has 0 amide bonds. The first-order valence-corrected chi connectivity index (χ1v) is 10.8. The standard InChI is InChI=1S/C18H34O7S.Na.H/c1-5-8-9-10-13-18(11-6-2,12-7-3)25-16(21)17(4,14-15(19)20)26(22,23)24;;/h5-14H2,1-4H3,(H,19,20)(H,22,23,24);;/q;+1;-1. The Kier molecular flexibility index (Phi) is 14.1. The van der Waals surface area contributed by atoms with Crippen LogP contribution in [0.3, 0.4) is 0 Å². The van der Waals surface area contributed by atoms with Crippen molar-refractivity contribution in [2.45, 2.75) is 102 Å². The quantitative estimate of drug-likeness (QED) is 0.187. The van der Waals surface area contributed by atoms with Gasteiger partial charge in [0.1, 0.15) is 5.60 Å². The zero-order valence-electron chi connectivity index (χ0n) is 18.4. The molecule has 1 unspecified atom stereocenters. The predicted molar refractivity (Wildman–Crippen MR) is 101 cm³/mol. The number of carboxylic acids is 1. The Morgan fingerprint density at radius 2 is 1.48 bits per heavy atom. The fourth-order valence-electron chi connectivity index (χ4n) is 3.18. The molecule has 0 aromatic carbocycles. The Balaban J connectivity index is -0.00000312. The maximum absolute atomic E-state index is 12.7. The summed E-state index contributed by atoms with van der Waals surface area (Å²) in [5.74, 6) is -2.69. The molecular weight excluding hydrogens is 383 g/mol. The van der Waals surface area contributed by atoms with Gasteiger partial charge in [-0.05, 0) is 32.6 Å². The third-order valence-corrected chi connectivity index (χ3v) is 6.15. The van der Waals surface area contributed by atoms with Gasteiger partial charge in [0, 0.05) is 0 Å². The van der Waals surface area contributed by atoms with Gasteiger partial charge in [0.2, 0.25) is 4.75 Å². The van der Waals surface area contributed by atoms with E-state index in [1.165, 1.54) is 0 Å². The summed E-state index contributed by atoms with van der Waals surface area (Å²) in [6.45, 7) is 6.89. The number of hydrogen-bond donors (Lipinski definition) is 2. The van der Waals surface area contributed by atoms with E-state index < -0.39 is 38.8 Å². The molecule has 2 N–H and O–H groups in total. The van der Waals surface area contributed by atoms with Crippen LogP contribution in [-0.2, 0) is 24.4 Å². The molecule has 0 aromatic rings. The van der Waals surface area contributed by atoms with E-state index in [9.17, 15) is 22.6 Å². The Morgan fingerprint density at radius 1 is 0.963 bits per heavy atom. The number of carbonyl (C=O) groups excluding carboxylic acids is 1. The SMILES string of the molecule is CCCCCCC(CCC)(CCC)OC(=O)C(C)(CC(=O)O)S(=O)(=O)O.[H-].[Na+]. The number of ether oxygens (including phenoxy) is 1. The summed E-state index contributed by atoms with van der Waals surface area (Å²) in [5, 5.41) is 8.98. The second kappa shape index (κ2) is 13.1. The molecule has 9 heteroatoms. The van der Waals surface area contributed by atoms with Gasteiger partial charge in [-0.15, -0.1) is 0 Å². The van der Waals surface area contributed by atoms with E-state index in [4.69, 9.17) is 9.84 Å². The largest absolute Gasteiger partial charge is 1.00 e. The van der Waals surface area contributed by atoms with E-state index in [1.807, 2.05) is 13.8 Å². The average molecular weight is 419 g/mol. The minimum absolute atomic E-state index is 0. The second-order valence-electron chi connectivity index (χ2n) is 7.16.